The number of hydrogen-bond donors (Lipinski definition) is 2. The number of carbonyl (C=O) groups excluding carboxylic acids is 2. The number of nitrogens with zero attached hydrogens (tertiary/aromatic N) is 2. The number of esters is 1. The molecule has 0 bridgehead atoms. The van der Waals surface area contributed by atoms with Gasteiger partial charge in [0.1, 0.15) is 11.2 Å². The molecule has 1 aliphatic carbocycles. The van der Waals surface area contributed by atoms with E-state index < -0.39 is 22.3 Å². The molecular weight excluding hydrogens is 400 g/mol. The van der Waals surface area contributed by atoms with E-state index in [1.807, 2.05) is 19.1 Å². The van der Waals surface area contributed by atoms with E-state index in [-0.39, 0.29) is 23.0 Å². The lowest BCUT2D eigenvalue weighted by Crippen LogP contribution is -2.56. The van der Waals surface area contributed by atoms with Gasteiger partial charge in [0, 0.05) is 17.8 Å². The summed E-state index contributed by atoms with van der Waals surface area (Å²) in [6.07, 6.45) is 5.18. The Kier molecular flexibility index (Phi) is 6.84. The van der Waals surface area contributed by atoms with Crippen LogP contribution in [0.25, 0.3) is 0 Å². The van der Waals surface area contributed by atoms with E-state index in [9.17, 15) is 19.7 Å². The summed E-state index contributed by atoms with van der Waals surface area (Å²) in [6.45, 7) is 1.84. The average molecular weight is 426 g/mol. The van der Waals surface area contributed by atoms with Crippen LogP contribution in [0.1, 0.15) is 61.1 Å². The van der Waals surface area contributed by atoms with Crippen molar-refractivity contribution < 1.29 is 19.2 Å². The molecule has 1 fully saturated rings. The van der Waals surface area contributed by atoms with Crippen molar-refractivity contribution in [2.75, 3.05) is 12.4 Å². The quantitative estimate of drug-likeness (QED) is 0.392. The van der Waals surface area contributed by atoms with Crippen LogP contribution in [-0.2, 0) is 9.53 Å². The molecule has 0 radical (unpaired) electrons. The molecule has 9 nitrogen and oxygen atoms in total. The van der Waals surface area contributed by atoms with E-state index in [2.05, 4.69) is 15.6 Å². The highest BCUT2D eigenvalue weighted by Gasteiger charge is 2.42. The van der Waals surface area contributed by atoms with Crippen molar-refractivity contribution in [3.8, 4) is 0 Å². The minimum Gasteiger partial charge on any atom is -0.467 e. The number of pyridine rings is 1. The fourth-order valence-electron chi connectivity index (χ4n) is 3.91. The predicted octanol–water partition coefficient (Wildman–Crippen LogP) is 3.77. The third-order valence-corrected chi connectivity index (χ3v) is 5.60. The van der Waals surface area contributed by atoms with Crippen molar-refractivity contribution >= 4 is 23.3 Å². The van der Waals surface area contributed by atoms with Gasteiger partial charge in [-0.05, 0) is 44.0 Å². The molecule has 164 valence electrons. The maximum Gasteiger partial charge on any atom is 0.331 e. The smallest absolute Gasteiger partial charge is 0.331 e. The lowest BCUT2D eigenvalue weighted by atomic mass is 9.81. The summed E-state index contributed by atoms with van der Waals surface area (Å²) >= 11 is 0. The summed E-state index contributed by atoms with van der Waals surface area (Å²) in [6, 6.07) is 9.40. The van der Waals surface area contributed by atoms with E-state index in [1.54, 1.807) is 12.3 Å². The second-order valence-corrected chi connectivity index (χ2v) is 7.70. The molecule has 1 heterocycles. The molecule has 9 heteroatoms. The molecule has 1 atom stereocenters. The maximum absolute atomic E-state index is 12.9. The van der Waals surface area contributed by atoms with Crippen LogP contribution in [0.15, 0.2) is 42.6 Å². The normalized spacial score (nSPS) is 16.1. The summed E-state index contributed by atoms with van der Waals surface area (Å²) < 4.78 is 4.92. The second kappa shape index (κ2) is 9.55. The summed E-state index contributed by atoms with van der Waals surface area (Å²) in [4.78, 5) is 40.7. The van der Waals surface area contributed by atoms with Gasteiger partial charge in [0.25, 0.3) is 11.6 Å². The number of nitro groups is 1. The minimum absolute atomic E-state index is 0.108. The van der Waals surface area contributed by atoms with Crippen LogP contribution in [0.4, 0.5) is 11.4 Å². The molecule has 2 aromatic rings. The van der Waals surface area contributed by atoms with Crippen molar-refractivity contribution in [2.45, 2.75) is 50.6 Å². The first-order chi connectivity index (χ1) is 14.9. The molecule has 1 aliphatic rings. The van der Waals surface area contributed by atoms with Gasteiger partial charge in [0.05, 0.1) is 23.8 Å². The molecule has 1 saturated carbocycles. The van der Waals surface area contributed by atoms with Gasteiger partial charge in [-0.1, -0.05) is 25.3 Å². The number of benzene rings is 1. The van der Waals surface area contributed by atoms with E-state index in [0.29, 0.717) is 12.8 Å². The predicted molar refractivity (Wildman–Crippen MR) is 115 cm³/mol. The van der Waals surface area contributed by atoms with E-state index >= 15 is 0 Å². The number of aromatic nitrogens is 1. The van der Waals surface area contributed by atoms with Crippen LogP contribution in [0, 0.1) is 10.1 Å². The zero-order valence-electron chi connectivity index (χ0n) is 17.6. The van der Waals surface area contributed by atoms with Crippen molar-refractivity contribution in [3.05, 3.63) is 64.0 Å². The largest absolute Gasteiger partial charge is 0.467 e. The van der Waals surface area contributed by atoms with E-state index in [4.69, 9.17) is 4.74 Å². The molecule has 0 spiro atoms. The molecule has 1 aromatic heterocycles. The SMILES string of the molecule is COC(=O)C1(NC(=O)c2ccc(NC(C)c3ccccn3)c([N+](=O)[O-])c2)CCCCC1. The molecule has 31 heavy (non-hydrogen) atoms. The van der Waals surface area contributed by atoms with Gasteiger partial charge in [-0.2, -0.15) is 0 Å². The Morgan fingerprint density at radius 1 is 1.19 bits per heavy atom. The summed E-state index contributed by atoms with van der Waals surface area (Å²) in [5, 5.41) is 17.5. The highest BCUT2D eigenvalue weighted by atomic mass is 16.6. The number of hydrogen-bond acceptors (Lipinski definition) is 7. The van der Waals surface area contributed by atoms with Crippen molar-refractivity contribution in [1.82, 2.24) is 10.3 Å². The molecule has 1 unspecified atom stereocenters. The Hall–Kier alpha value is -3.49. The number of rotatable bonds is 7. The lowest BCUT2D eigenvalue weighted by molar-refractivity contribution is -0.384. The van der Waals surface area contributed by atoms with Crippen molar-refractivity contribution in [2.24, 2.45) is 0 Å². The fourth-order valence-corrected chi connectivity index (χ4v) is 3.91. The Labute approximate surface area is 180 Å². The number of carbonyl (C=O) groups is 2. The number of methoxy groups -OCH3 is 1. The Bertz CT molecular complexity index is 958. The standard InChI is InChI=1S/C22H26N4O5/c1-15(17-8-4-7-13-23-17)24-18-10-9-16(14-19(18)26(29)30)20(27)25-22(21(28)31-2)11-5-3-6-12-22/h4,7-10,13-15,24H,3,5-6,11-12H2,1-2H3,(H,25,27). The van der Waals surface area contributed by atoms with Gasteiger partial charge in [-0.25, -0.2) is 4.79 Å². The van der Waals surface area contributed by atoms with Crippen LogP contribution in [0.2, 0.25) is 0 Å². The number of anilines is 1. The molecule has 3 rings (SSSR count). The molecule has 2 N–H and O–H groups in total. The van der Waals surface area contributed by atoms with Gasteiger partial charge < -0.3 is 15.4 Å². The highest BCUT2D eigenvalue weighted by molar-refractivity contribution is 5.99. The maximum atomic E-state index is 12.9. The molecule has 1 aromatic carbocycles. The third-order valence-electron chi connectivity index (χ3n) is 5.60. The van der Waals surface area contributed by atoms with Gasteiger partial charge in [-0.15, -0.1) is 0 Å². The van der Waals surface area contributed by atoms with Gasteiger partial charge in [0.2, 0.25) is 0 Å². The molecule has 0 saturated heterocycles. The van der Waals surface area contributed by atoms with Crippen LogP contribution in [-0.4, -0.2) is 34.4 Å². The fraction of sp³-hybridized carbons (Fsp3) is 0.409. The van der Waals surface area contributed by atoms with E-state index in [1.165, 1.54) is 25.3 Å². The monoisotopic (exact) mass is 426 g/mol. The first-order valence-corrected chi connectivity index (χ1v) is 10.2. The van der Waals surface area contributed by atoms with Gasteiger partial charge >= 0.3 is 5.97 Å². The highest BCUT2D eigenvalue weighted by Crippen LogP contribution is 2.32. The zero-order valence-corrected chi connectivity index (χ0v) is 17.6. The first kappa shape index (κ1) is 22.2. The topological polar surface area (TPSA) is 123 Å². The van der Waals surface area contributed by atoms with Crippen LogP contribution < -0.4 is 10.6 Å². The zero-order chi connectivity index (χ0) is 22.4. The number of ether oxygens (including phenoxy) is 1. The van der Waals surface area contributed by atoms with Crippen molar-refractivity contribution in [1.29, 1.82) is 0 Å². The summed E-state index contributed by atoms with van der Waals surface area (Å²) in [5.74, 6) is -1.03. The minimum atomic E-state index is -1.09. The summed E-state index contributed by atoms with van der Waals surface area (Å²) in [5.41, 5.74) is -0.206. The molecule has 1 amide bonds. The number of amides is 1. The average Bonchev–Trinajstić information content (AvgIpc) is 2.79. The number of nitro benzene ring substituents is 1. The lowest BCUT2D eigenvalue weighted by Gasteiger charge is -2.35. The number of nitrogens with one attached hydrogen (secondary N) is 2. The third kappa shape index (κ3) is 4.99. The van der Waals surface area contributed by atoms with Crippen LogP contribution in [0.5, 0.6) is 0 Å². The molecular formula is C22H26N4O5. The molecule has 0 aliphatic heterocycles. The Morgan fingerprint density at radius 2 is 1.94 bits per heavy atom. The summed E-state index contributed by atoms with van der Waals surface area (Å²) in [7, 11) is 1.29. The van der Waals surface area contributed by atoms with Gasteiger partial charge in [0.15, 0.2) is 0 Å². The van der Waals surface area contributed by atoms with Crippen LogP contribution in [0.3, 0.4) is 0 Å². The second-order valence-electron chi connectivity index (χ2n) is 7.70. The van der Waals surface area contributed by atoms with Crippen molar-refractivity contribution in [3.63, 3.8) is 0 Å². The van der Waals surface area contributed by atoms with Crippen LogP contribution >= 0.6 is 0 Å². The first-order valence-electron chi connectivity index (χ1n) is 10.2. The van der Waals surface area contributed by atoms with Gasteiger partial charge in [-0.3, -0.25) is 19.9 Å². The van der Waals surface area contributed by atoms with E-state index in [0.717, 1.165) is 25.0 Å². The Morgan fingerprint density at radius 3 is 2.55 bits per heavy atom. The Balaban J connectivity index is 1.83.